The summed E-state index contributed by atoms with van der Waals surface area (Å²) >= 11 is 32.7. The SMILES string of the molecule is CC(C(=O)OC(C)(C)Cc1ccc(Cl)cc1)N(C)C.CC(C)C(=O)OC(C)(C)Cc1ccc(F)cc1.CC(C)C(=O)OC(C)(C)Cc1cccc(Cl)c1.CC(N)C(=O)OC(C)(C)Cc1ccc(Br)cc1.CC(N)C(=O)OC(C)(C)Cc1ccc(Cl)c(Cl)c1.CC(N)C(=O)OC(C)(C)Cc1ccc(Cl)cc1.CC(N)C(=O)OC(C)(C)Cc1ccccc1.Cc1ccc(CC(C)(C)OC(=O)C(C)N)cc1. The summed E-state index contributed by atoms with van der Waals surface area (Å²) < 4.78 is 57.0. The number of carbonyl (C=O) groups excluding carboxylic acids is 8. The first-order valence-corrected chi connectivity index (χ1v) is 48.5. The standard InChI is InChI=1S/C15H22ClNO2.C14H19ClO2.C14H19FO2.C14H21NO2.C13H18BrNO2.C13H17Cl2NO2.C13H18ClNO2.C13H19NO2/c1-11(17(4)5)14(18)19-15(2,3)10-12-6-8-13(16)9-7-12;1-10(2)13(16)17-14(3,4)9-11-6-5-7-12(15)8-11;1-10(2)13(16)17-14(3,4)9-11-5-7-12(15)8-6-11;1-10-5-7-12(8-6-10)9-14(3,4)17-13(16)11(2)15;1-9(15)12(16)17-13(2,3)8-10-4-6-11(14)7-5-10;1-8(16)12(17)18-13(2,3)7-9-4-5-10(14)11(15)6-9;1-9(15)12(16)17-13(2,3)8-10-4-6-11(14)7-5-10;1-10(14)12(15)16-13(2,3)9-11-7-5-4-6-8-11/h6-9,11H,10H2,1-5H3;2*5-8,10H,9H2,1-4H3;5-8,11H,9,15H2,1-4H3;4-7,9H,8,15H2,1-3H3;4-6,8H,7,16H2,1-3H3;4-7,9H,8,15H2,1-3H3;4-8,10H,9,14H2,1-3H3. The van der Waals surface area contributed by atoms with E-state index in [1.54, 1.807) is 72.7 Å². The van der Waals surface area contributed by atoms with Gasteiger partial charge in [-0.05, 0) is 291 Å². The summed E-state index contributed by atoms with van der Waals surface area (Å²) in [5, 5.41) is 3.10. The third kappa shape index (κ3) is 57.2. The van der Waals surface area contributed by atoms with Crippen molar-refractivity contribution in [1.82, 2.24) is 4.90 Å². The van der Waals surface area contributed by atoms with Crippen LogP contribution in [0.2, 0.25) is 25.1 Å². The molecule has 6 atom stereocenters. The molecule has 0 aliphatic carbocycles. The topological polar surface area (TPSA) is 344 Å². The number of nitrogens with two attached hydrogens (primary N) is 5. The second-order valence-corrected chi connectivity index (χ2v) is 43.1. The van der Waals surface area contributed by atoms with Crippen molar-refractivity contribution in [1.29, 1.82) is 0 Å². The third-order valence-electron chi connectivity index (χ3n) is 19.5. The Morgan fingerprint density at radius 2 is 0.522 bits per heavy atom. The number of hydrogen-bond donors (Lipinski definition) is 5. The molecule has 0 bridgehead atoms. The lowest BCUT2D eigenvalue weighted by Crippen LogP contribution is -2.40. The van der Waals surface area contributed by atoms with E-state index in [0.29, 0.717) is 76.5 Å². The molecule has 29 heteroatoms. The number of nitrogens with zero attached hydrogens (tertiary/aromatic N) is 1. The first-order valence-electron chi connectivity index (χ1n) is 45.9. The molecule has 22 nitrogen and oxygen atoms in total. The maximum Gasteiger partial charge on any atom is 0.323 e. The van der Waals surface area contributed by atoms with Gasteiger partial charge >= 0.3 is 47.8 Å². The molecule has 0 saturated carbocycles. The second kappa shape index (κ2) is 59.8. The summed E-state index contributed by atoms with van der Waals surface area (Å²) in [6.07, 6.45) is 5.11. The molecular formula is C109H153BrCl5FN6O16. The Morgan fingerprint density at radius 1 is 0.290 bits per heavy atom. The van der Waals surface area contributed by atoms with E-state index in [2.05, 4.69) is 40.2 Å². The minimum absolute atomic E-state index is 0.103. The van der Waals surface area contributed by atoms with Gasteiger partial charge in [0.25, 0.3) is 0 Å². The fourth-order valence-electron chi connectivity index (χ4n) is 12.4. The molecule has 0 fully saturated rings. The van der Waals surface area contributed by atoms with Gasteiger partial charge in [-0.3, -0.25) is 43.3 Å². The van der Waals surface area contributed by atoms with Gasteiger partial charge in [0.15, 0.2) is 0 Å². The van der Waals surface area contributed by atoms with Crippen LogP contribution < -0.4 is 28.7 Å². The molecule has 8 aromatic rings. The molecule has 0 spiro atoms. The van der Waals surface area contributed by atoms with Crippen molar-refractivity contribution in [3.8, 4) is 0 Å². The van der Waals surface area contributed by atoms with Crippen LogP contribution in [0.1, 0.15) is 230 Å². The van der Waals surface area contributed by atoms with E-state index in [1.807, 2.05) is 291 Å². The van der Waals surface area contributed by atoms with Gasteiger partial charge in [-0.1, -0.05) is 229 Å². The highest BCUT2D eigenvalue weighted by Gasteiger charge is 2.33. The second-order valence-electron chi connectivity index (χ2n) is 40.1. The number of aryl methyl sites for hydroxylation is 1. The maximum absolute atomic E-state index is 12.8. The van der Waals surface area contributed by atoms with Gasteiger partial charge in [-0.15, -0.1) is 0 Å². The Labute approximate surface area is 854 Å². The number of likely N-dealkylation sites (N-methyl/N-ethyl adjacent to an activating group) is 1. The predicted octanol–water partition coefficient (Wildman–Crippen LogP) is 22.9. The Bertz CT molecular complexity index is 4720. The predicted molar refractivity (Wildman–Crippen MR) is 561 cm³/mol. The molecule has 764 valence electrons. The Hall–Kier alpha value is -8.86. The average molecular weight is 2080 g/mol. The fourth-order valence-corrected chi connectivity index (χ4v) is 13.5. The van der Waals surface area contributed by atoms with Crippen LogP contribution in [0.5, 0.6) is 0 Å². The lowest BCUT2D eigenvalue weighted by molar-refractivity contribution is -0.162. The molecule has 0 radical (unpaired) electrons. The highest BCUT2D eigenvalue weighted by Crippen LogP contribution is 2.30. The maximum atomic E-state index is 12.8. The van der Waals surface area contributed by atoms with E-state index in [-0.39, 0.29) is 65.5 Å². The van der Waals surface area contributed by atoms with Crippen molar-refractivity contribution in [2.24, 2.45) is 40.5 Å². The molecular weight excluding hydrogens is 1930 g/mol. The van der Waals surface area contributed by atoms with Crippen molar-refractivity contribution in [3.63, 3.8) is 0 Å². The highest BCUT2D eigenvalue weighted by molar-refractivity contribution is 9.10. The van der Waals surface area contributed by atoms with Crippen LogP contribution in [0, 0.1) is 24.6 Å². The van der Waals surface area contributed by atoms with Crippen molar-refractivity contribution >= 4 is 122 Å². The first kappa shape index (κ1) is 127. The Morgan fingerprint density at radius 3 is 0.790 bits per heavy atom. The van der Waals surface area contributed by atoms with Crippen LogP contribution in [0.25, 0.3) is 0 Å². The van der Waals surface area contributed by atoms with E-state index in [9.17, 15) is 42.7 Å². The summed E-state index contributed by atoms with van der Waals surface area (Å²) in [5.41, 5.74) is 32.7. The van der Waals surface area contributed by atoms with Gasteiger partial charge in [-0.25, -0.2) is 4.39 Å². The van der Waals surface area contributed by atoms with Crippen molar-refractivity contribution in [2.75, 3.05) is 14.1 Å². The zero-order chi connectivity index (χ0) is 106. The van der Waals surface area contributed by atoms with Crippen molar-refractivity contribution < 1.29 is 80.6 Å². The van der Waals surface area contributed by atoms with Gasteiger partial charge in [0.1, 0.15) is 86.9 Å². The number of rotatable bonds is 33. The van der Waals surface area contributed by atoms with Crippen LogP contribution in [0.3, 0.4) is 0 Å². The number of ether oxygens (including phenoxy) is 8. The minimum Gasteiger partial charge on any atom is -0.459 e. The van der Waals surface area contributed by atoms with Gasteiger partial charge in [-0.2, -0.15) is 0 Å². The largest absolute Gasteiger partial charge is 0.459 e. The van der Waals surface area contributed by atoms with E-state index in [0.717, 1.165) is 49.0 Å². The quantitative estimate of drug-likeness (QED) is 0.0188. The molecule has 0 amide bonds. The van der Waals surface area contributed by atoms with Gasteiger partial charge in [0.05, 0.1) is 21.9 Å². The van der Waals surface area contributed by atoms with E-state index in [1.165, 1.54) is 17.7 Å². The van der Waals surface area contributed by atoms with Crippen LogP contribution in [-0.4, -0.2) is 148 Å². The molecule has 138 heavy (non-hydrogen) atoms. The van der Waals surface area contributed by atoms with Crippen LogP contribution in [0.4, 0.5) is 4.39 Å². The average Bonchev–Trinajstić information content (AvgIpc) is 0.557. The number of carbonyl (C=O) groups is 8. The zero-order valence-electron chi connectivity index (χ0n) is 86.3. The Kier molecular flexibility index (Phi) is 55.1. The van der Waals surface area contributed by atoms with Gasteiger partial charge in [0, 0.05) is 70.9 Å². The summed E-state index contributed by atoms with van der Waals surface area (Å²) in [6.45, 7) is 49.3. The van der Waals surface area contributed by atoms with Gasteiger partial charge in [0.2, 0.25) is 0 Å². The number of halogens is 7. The third-order valence-corrected chi connectivity index (χ3v) is 21.5. The molecule has 8 aromatic carbocycles. The van der Waals surface area contributed by atoms with E-state index < -0.39 is 81.0 Å². The number of esters is 8. The molecule has 10 N–H and O–H groups in total. The summed E-state index contributed by atoms with van der Waals surface area (Å²) in [4.78, 5) is 94.1. The summed E-state index contributed by atoms with van der Waals surface area (Å²) in [6, 6.07) is 57.2. The first-order chi connectivity index (χ1) is 63.3. The van der Waals surface area contributed by atoms with Crippen molar-refractivity contribution in [2.45, 2.75) is 319 Å². The number of benzene rings is 8. The van der Waals surface area contributed by atoms with E-state index >= 15 is 0 Å². The van der Waals surface area contributed by atoms with Crippen LogP contribution >= 0.6 is 73.9 Å². The summed E-state index contributed by atoms with van der Waals surface area (Å²) in [5.74, 6) is -2.97. The normalized spacial score (nSPS) is 12.9. The lowest BCUT2D eigenvalue weighted by Gasteiger charge is -2.28. The molecule has 6 unspecified atom stereocenters. The highest BCUT2D eigenvalue weighted by atomic mass is 79.9. The Balaban J connectivity index is 0.000000789. The zero-order valence-corrected chi connectivity index (χ0v) is 91.6. The molecule has 0 saturated heterocycles. The van der Waals surface area contributed by atoms with E-state index in [4.69, 9.17) is 125 Å². The summed E-state index contributed by atoms with van der Waals surface area (Å²) in [7, 11) is 3.72. The molecule has 0 heterocycles. The van der Waals surface area contributed by atoms with Gasteiger partial charge < -0.3 is 66.6 Å². The monoisotopic (exact) mass is 2070 g/mol. The molecule has 0 aromatic heterocycles. The molecule has 8 rings (SSSR count). The molecule has 0 aliphatic heterocycles. The van der Waals surface area contributed by atoms with Crippen molar-refractivity contribution in [3.05, 3.63) is 280 Å². The number of hydrogen-bond acceptors (Lipinski definition) is 22. The van der Waals surface area contributed by atoms with Crippen LogP contribution in [-0.2, 0) is 128 Å². The smallest absolute Gasteiger partial charge is 0.323 e. The molecule has 0 aliphatic rings. The minimum atomic E-state index is -0.637. The lowest BCUT2D eigenvalue weighted by atomic mass is 9.97. The fraction of sp³-hybridized carbons (Fsp3) is 0.486. The van der Waals surface area contributed by atoms with Crippen LogP contribution in [0.15, 0.2) is 199 Å².